The Kier molecular flexibility index (Phi) is 4.71. The van der Waals surface area contributed by atoms with Gasteiger partial charge in [-0.05, 0) is 52.3 Å². The summed E-state index contributed by atoms with van der Waals surface area (Å²) in [4.78, 5) is 0. The summed E-state index contributed by atoms with van der Waals surface area (Å²) < 4.78 is 7.12. The normalized spacial score (nSPS) is 10.3. The molecule has 19 heavy (non-hydrogen) atoms. The smallest absolute Gasteiger partial charge is 0.120 e. The fraction of sp³-hybridized carbons (Fsp3) is 0.143. The number of halogens is 2. The molecular formula is C14H13Br2NO2. The lowest BCUT2D eigenvalue weighted by Gasteiger charge is -2.11. The minimum atomic E-state index is 0.251. The predicted molar refractivity (Wildman–Crippen MR) is 83.8 cm³/mol. The highest BCUT2D eigenvalue weighted by molar-refractivity contribution is 9.11. The first-order valence-electron chi connectivity index (χ1n) is 5.65. The molecule has 0 spiro atoms. The number of hydrogen-bond acceptors (Lipinski definition) is 3. The molecule has 2 aromatic rings. The molecule has 0 saturated carbocycles. The van der Waals surface area contributed by atoms with Crippen LogP contribution in [0.3, 0.4) is 0 Å². The molecule has 0 amide bonds. The number of rotatable bonds is 4. The quantitative estimate of drug-likeness (QED) is 0.810. The van der Waals surface area contributed by atoms with E-state index in [0.717, 1.165) is 25.9 Å². The number of benzene rings is 2. The molecule has 0 radical (unpaired) electrons. The largest absolute Gasteiger partial charge is 0.508 e. The summed E-state index contributed by atoms with van der Waals surface area (Å²) in [7, 11) is 1.61. The summed E-state index contributed by atoms with van der Waals surface area (Å²) in [6.07, 6.45) is 0. The van der Waals surface area contributed by atoms with Gasteiger partial charge in [0.1, 0.15) is 11.5 Å². The summed E-state index contributed by atoms with van der Waals surface area (Å²) in [5.74, 6) is 0.978. The highest BCUT2D eigenvalue weighted by Gasteiger charge is 2.05. The minimum Gasteiger partial charge on any atom is -0.508 e. The molecule has 0 atom stereocenters. The lowest BCUT2D eigenvalue weighted by molar-refractivity contribution is 0.411. The third-order valence-electron chi connectivity index (χ3n) is 2.69. The second kappa shape index (κ2) is 6.30. The van der Waals surface area contributed by atoms with E-state index in [4.69, 9.17) is 4.74 Å². The molecule has 0 aliphatic rings. The third-order valence-corrected chi connectivity index (χ3v) is 3.84. The van der Waals surface area contributed by atoms with E-state index in [-0.39, 0.29) is 5.75 Å². The van der Waals surface area contributed by atoms with Gasteiger partial charge in [-0.15, -0.1) is 0 Å². The van der Waals surface area contributed by atoms with Crippen molar-refractivity contribution in [2.45, 2.75) is 6.54 Å². The number of phenols is 1. The van der Waals surface area contributed by atoms with Gasteiger partial charge in [-0.1, -0.05) is 15.9 Å². The van der Waals surface area contributed by atoms with Crippen LogP contribution in [-0.4, -0.2) is 12.2 Å². The number of ether oxygens (including phenoxy) is 1. The first-order valence-corrected chi connectivity index (χ1v) is 7.23. The molecule has 2 N–H and O–H groups in total. The molecule has 100 valence electrons. The van der Waals surface area contributed by atoms with Crippen molar-refractivity contribution in [2.24, 2.45) is 0 Å². The van der Waals surface area contributed by atoms with E-state index >= 15 is 0 Å². The first kappa shape index (κ1) is 14.2. The van der Waals surface area contributed by atoms with E-state index < -0.39 is 0 Å². The summed E-state index contributed by atoms with van der Waals surface area (Å²) in [6, 6.07) is 11.1. The highest BCUT2D eigenvalue weighted by Crippen LogP contribution is 2.28. The topological polar surface area (TPSA) is 41.5 Å². The van der Waals surface area contributed by atoms with Gasteiger partial charge in [-0.25, -0.2) is 0 Å². The molecule has 0 heterocycles. The zero-order valence-corrected chi connectivity index (χ0v) is 13.5. The number of aromatic hydroxyl groups is 1. The molecule has 2 rings (SSSR count). The van der Waals surface area contributed by atoms with Crippen molar-refractivity contribution in [2.75, 3.05) is 12.4 Å². The Labute approximate surface area is 128 Å². The van der Waals surface area contributed by atoms with Crippen LogP contribution in [-0.2, 0) is 6.54 Å². The van der Waals surface area contributed by atoms with Crippen LogP contribution in [0.25, 0.3) is 0 Å². The summed E-state index contributed by atoms with van der Waals surface area (Å²) in [5.41, 5.74) is 1.75. The molecular weight excluding hydrogens is 374 g/mol. The molecule has 3 nitrogen and oxygen atoms in total. The Bertz CT molecular complexity index is 588. The molecule has 2 aromatic carbocycles. The molecule has 0 fully saturated rings. The molecule has 0 aliphatic carbocycles. The van der Waals surface area contributed by atoms with Crippen LogP contribution >= 0.6 is 31.9 Å². The monoisotopic (exact) mass is 385 g/mol. The Morgan fingerprint density at radius 3 is 2.63 bits per heavy atom. The minimum absolute atomic E-state index is 0.251. The Morgan fingerprint density at radius 1 is 1.16 bits per heavy atom. The van der Waals surface area contributed by atoms with E-state index in [2.05, 4.69) is 37.2 Å². The number of phenolic OH excluding ortho intramolecular Hbond substituents is 1. The van der Waals surface area contributed by atoms with E-state index in [9.17, 15) is 5.11 Å². The van der Waals surface area contributed by atoms with Gasteiger partial charge in [0.25, 0.3) is 0 Å². The molecule has 0 aromatic heterocycles. The van der Waals surface area contributed by atoms with Crippen molar-refractivity contribution in [3.05, 3.63) is 50.9 Å². The van der Waals surface area contributed by atoms with Gasteiger partial charge in [0, 0.05) is 26.7 Å². The van der Waals surface area contributed by atoms with Crippen molar-refractivity contribution >= 4 is 37.5 Å². The lowest BCUT2D eigenvalue weighted by Crippen LogP contribution is -2.00. The van der Waals surface area contributed by atoms with Crippen LogP contribution in [0.5, 0.6) is 11.5 Å². The van der Waals surface area contributed by atoms with Gasteiger partial charge in [0.05, 0.1) is 7.11 Å². The van der Waals surface area contributed by atoms with Crippen molar-refractivity contribution in [1.82, 2.24) is 0 Å². The van der Waals surface area contributed by atoms with Crippen LogP contribution in [0.15, 0.2) is 45.3 Å². The first-order chi connectivity index (χ1) is 9.10. The maximum absolute atomic E-state index is 9.81. The highest BCUT2D eigenvalue weighted by atomic mass is 79.9. The number of hydrogen-bond donors (Lipinski definition) is 2. The Balaban J connectivity index is 2.14. The molecule has 0 aliphatic heterocycles. The van der Waals surface area contributed by atoms with Gasteiger partial charge in [-0.3, -0.25) is 0 Å². The van der Waals surface area contributed by atoms with Crippen LogP contribution in [0.1, 0.15) is 5.56 Å². The number of methoxy groups -OCH3 is 1. The van der Waals surface area contributed by atoms with Crippen LogP contribution in [0.2, 0.25) is 0 Å². The van der Waals surface area contributed by atoms with Crippen molar-refractivity contribution in [3.8, 4) is 11.5 Å². The number of anilines is 1. The number of nitrogens with one attached hydrogen (secondary N) is 1. The van der Waals surface area contributed by atoms with Crippen molar-refractivity contribution in [1.29, 1.82) is 0 Å². The Morgan fingerprint density at radius 2 is 1.95 bits per heavy atom. The zero-order valence-electron chi connectivity index (χ0n) is 10.3. The standard InChI is InChI=1S/C14H13Br2NO2/c1-19-11-3-5-14(18)9(6-11)8-17-13-4-2-10(15)7-12(13)16/h2-7,17-18H,8H2,1H3. The molecule has 0 unspecified atom stereocenters. The maximum atomic E-state index is 9.81. The molecule has 0 bridgehead atoms. The van der Waals surface area contributed by atoms with Gasteiger partial charge in [0.2, 0.25) is 0 Å². The van der Waals surface area contributed by atoms with Crippen molar-refractivity contribution in [3.63, 3.8) is 0 Å². The van der Waals surface area contributed by atoms with Gasteiger partial charge >= 0.3 is 0 Å². The van der Waals surface area contributed by atoms with Gasteiger partial charge in [-0.2, -0.15) is 0 Å². The van der Waals surface area contributed by atoms with E-state index in [1.165, 1.54) is 0 Å². The Hall–Kier alpha value is -1.20. The van der Waals surface area contributed by atoms with Crippen LogP contribution in [0.4, 0.5) is 5.69 Å². The average Bonchev–Trinajstić information content (AvgIpc) is 2.39. The van der Waals surface area contributed by atoms with Crippen LogP contribution < -0.4 is 10.1 Å². The fourth-order valence-electron chi connectivity index (χ4n) is 1.65. The second-order valence-corrected chi connectivity index (χ2v) is 5.74. The van der Waals surface area contributed by atoms with E-state index in [1.807, 2.05) is 24.3 Å². The summed E-state index contributed by atoms with van der Waals surface area (Å²) in [6.45, 7) is 0.517. The second-order valence-electron chi connectivity index (χ2n) is 3.97. The van der Waals surface area contributed by atoms with E-state index in [1.54, 1.807) is 19.2 Å². The maximum Gasteiger partial charge on any atom is 0.120 e. The SMILES string of the molecule is COc1ccc(O)c(CNc2ccc(Br)cc2Br)c1. The zero-order chi connectivity index (χ0) is 13.8. The fourth-order valence-corrected chi connectivity index (χ4v) is 2.84. The summed E-state index contributed by atoms with van der Waals surface area (Å²) >= 11 is 6.90. The lowest BCUT2D eigenvalue weighted by atomic mass is 10.2. The molecule has 5 heteroatoms. The van der Waals surface area contributed by atoms with Gasteiger partial charge < -0.3 is 15.2 Å². The third kappa shape index (κ3) is 3.64. The van der Waals surface area contributed by atoms with Crippen molar-refractivity contribution < 1.29 is 9.84 Å². The van der Waals surface area contributed by atoms with Crippen LogP contribution in [0, 0.1) is 0 Å². The van der Waals surface area contributed by atoms with Gasteiger partial charge in [0.15, 0.2) is 0 Å². The predicted octanol–water partition coefficient (Wildman–Crippen LogP) is 4.54. The summed E-state index contributed by atoms with van der Waals surface area (Å²) in [5, 5.41) is 13.1. The average molecular weight is 387 g/mol. The molecule has 0 saturated heterocycles. The van der Waals surface area contributed by atoms with E-state index in [0.29, 0.717) is 6.54 Å².